The number of pyridine rings is 1. The summed E-state index contributed by atoms with van der Waals surface area (Å²) in [6.45, 7) is 0.787. The average Bonchev–Trinajstić information content (AvgIpc) is 3.08. The Morgan fingerprint density at radius 2 is 2.26 bits per heavy atom. The molecule has 1 aliphatic rings. The maximum Gasteiger partial charge on any atom is 0.273 e. The van der Waals surface area contributed by atoms with Crippen molar-refractivity contribution in [3.8, 4) is 0 Å². The maximum absolute atomic E-state index is 12.5. The molecule has 0 bridgehead atoms. The first-order valence-corrected chi connectivity index (χ1v) is 7.48. The highest BCUT2D eigenvalue weighted by Gasteiger charge is 2.31. The van der Waals surface area contributed by atoms with Gasteiger partial charge in [-0.2, -0.15) is 0 Å². The van der Waals surface area contributed by atoms with Crippen LogP contribution in [0.2, 0.25) is 5.15 Å². The van der Waals surface area contributed by atoms with Gasteiger partial charge in [0.05, 0.1) is 6.04 Å². The summed E-state index contributed by atoms with van der Waals surface area (Å²) in [6.07, 6.45) is 2.06. The van der Waals surface area contributed by atoms with Crippen molar-refractivity contribution in [2.24, 2.45) is 0 Å². The van der Waals surface area contributed by atoms with Crippen LogP contribution in [0.5, 0.6) is 0 Å². The van der Waals surface area contributed by atoms with E-state index in [4.69, 9.17) is 11.6 Å². The number of likely N-dealkylation sites (tertiary alicyclic amines) is 1. The fourth-order valence-corrected chi connectivity index (χ4v) is 3.50. The van der Waals surface area contributed by atoms with E-state index < -0.39 is 0 Å². The van der Waals surface area contributed by atoms with Gasteiger partial charge in [0.25, 0.3) is 5.91 Å². The van der Waals surface area contributed by atoms with Crippen molar-refractivity contribution in [2.75, 3.05) is 6.54 Å². The second-order valence-electron chi connectivity index (χ2n) is 4.52. The van der Waals surface area contributed by atoms with E-state index in [9.17, 15) is 4.79 Å². The number of rotatable bonds is 2. The van der Waals surface area contributed by atoms with Crippen molar-refractivity contribution in [2.45, 2.75) is 18.9 Å². The third kappa shape index (κ3) is 2.51. The zero-order chi connectivity index (χ0) is 13.2. The van der Waals surface area contributed by atoms with Gasteiger partial charge in [-0.05, 0) is 36.4 Å². The van der Waals surface area contributed by atoms with Crippen LogP contribution >= 0.6 is 22.9 Å². The lowest BCUT2D eigenvalue weighted by molar-refractivity contribution is 0.0732. The smallest absolute Gasteiger partial charge is 0.273 e. The van der Waals surface area contributed by atoms with Crippen LogP contribution in [0.3, 0.4) is 0 Å². The molecular weight excluding hydrogens is 280 g/mol. The van der Waals surface area contributed by atoms with E-state index in [1.807, 2.05) is 16.3 Å². The van der Waals surface area contributed by atoms with Gasteiger partial charge in [-0.3, -0.25) is 4.79 Å². The number of thiophene rings is 1. The van der Waals surface area contributed by atoms with Gasteiger partial charge in [0.15, 0.2) is 0 Å². The number of halogens is 1. The lowest BCUT2D eigenvalue weighted by Gasteiger charge is -2.23. The molecule has 0 aliphatic carbocycles. The van der Waals surface area contributed by atoms with Gasteiger partial charge in [-0.25, -0.2) is 4.98 Å². The number of hydrogen-bond donors (Lipinski definition) is 0. The molecule has 0 aromatic carbocycles. The maximum atomic E-state index is 12.5. The van der Waals surface area contributed by atoms with Crippen molar-refractivity contribution in [1.29, 1.82) is 0 Å². The van der Waals surface area contributed by atoms with E-state index in [2.05, 4.69) is 11.1 Å². The molecule has 3 rings (SSSR count). The monoisotopic (exact) mass is 292 g/mol. The van der Waals surface area contributed by atoms with Crippen molar-refractivity contribution in [1.82, 2.24) is 9.88 Å². The van der Waals surface area contributed by atoms with Crippen molar-refractivity contribution in [3.63, 3.8) is 0 Å². The fraction of sp³-hybridized carbons (Fsp3) is 0.286. The molecular formula is C14H13ClN2OS. The highest BCUT2D eigenvalue weighted by molar-refractivity contribution is 7.10. The molecule has 2 aromatic heterocycles. The molecule has 1 saturated heterocycles. The summed E-state index contributed by atoms with van der Waals surface area (Å²) in [5.74, 6) is -0.0293. The molecule has 98 valence electrons. The molecule has 5 heteroatoms. The third-order valence-electron chi connectivity index (χ3n) is 3.32. The van der Waals surface area contributed by atoms with Gasteiger partial charge >= 0.3 is 0 Å². The van der Waals surface area contributed by atoms with Crippen LogP contribution < -0.4 is 0 Å². The molecule has 1 atom stereocenters. The Kier molecular flexibility index (Phi) is 3.53. The minimum absolute atomic E-state index is 0.0293. The molecule has 0 spiro atoms. The Bertz CT molecular complexity index is 585. The van der Waals surface area contributed by atoms with Gasteiger partial charge < -0.3 is 4.90 Å². The highest BCUT2D eigenvalue weighted by atomic mass is 35.5. The topological polar surface area (TPSA) is 33.2 Å². The normalized spacial score (nSPS) is 18.8. The molecule has 0 radical (unpaired) electrons. The number of nitrogens with zero attached hydrogens (tertiary/aromatic N) is 2. The van der Waals surface area contributed by atoms with Gasteiger partial charge in [-0.15, -0.1) is 11.3 Å². The van der Waals surface area contributed by atoms with Crippen LogP contribution in [0.4, 0.5) is 0 Å². The Morgan fingerprint density at radius 3 is 3.00 bits per heavy atom. The summed E-state index contributed by atoms with van der Waals surface area (Å²) in [5, 5.41) is 2.41. The van der Waals surface area contributed by atoms with E-state index in [0.29, 0.717) is 10.8 Å². The van der Waals surface area contributed by atoms with Crippen LogP contribution in [-0.4, -0.2) is 22.3 Å². The first-order valence-electron chi connectivity index (χ1n) is 6.22. The van der Waals surface area contributed by atoms with E-state index >= 15 is 0 Å². The number of hydrogen-bond acceptors (Lipinski definition) is 3. The zero-order valence-corrected chi connectivity index (χ0v) is 11.8. The minimum Gasteiger partial charge on any atom is -0.329 e. The van der Waals surface area contributed by atoms with Crippen LogP contribution in [0.15, 0.2) is 35.7 Å². The van der Waals surface area contributed by atoms with E-state index in [1.54, 1.807) is 29.5 Å². The van der Waals surface area contributed by atoms with E-state index in [0.717, 1.165) is 19.4 Å². The Balaban J connectivity index is 1.87. The second-order valence-corrected chi connectivity index (χ2v) is 5.88. The summed E-state index contributed by atoms with van der Waals surface area (Å²) < 4.78 is 0. The third-order valence-corrected chi connectivity index (χ3v) is 4.50. The lowest BCUT2D eigenvalue weighted by atomic mass is 10.2. The van der Waals surface area contributed by atoms with Gasteiger partial charge in [0.1, 0.15) is 10.8 Å². The standard InChI is InChI=1S/C14H13ClN2OS/c15-13-7-1-4-10(16-13)14(18)17-8-2-5-11(17)12-6-3-9-19-12/h1,3-4,6-7,9,11H,2,5,8H2. The molecule has 1 amide bonds. The first kappa shape index (κ1) is 12.6. The summed E-state index contributed by atoms with van der Waals surface area (Å²) in [7, 11) is 0. The molecule has 19 heavy (non-hydrogen) atoms. The fourth-order valence-electron chi connectivity index (χ4n) is 2.46. The molecule has 1 unspecified atom stereocenters. The molecule has 3 heterocycles. The summed E-state index contributed by atoms with van der Waals surface area (Å²) in [5.41, 5.74) is 0.427. The molecule has 1 fully saturated rings. The number of aromatic nitrogens is 1. The predicted octanol–water partition coefficient (Wildman–Crippen LogP) is 3.77. The predicted molar refractivity (Wildman–Crippen MR) is 76.6 cm³/mol. The van der Waals surface area contributed by atoms with Gasteiger partial charge in [0.2, 0.25) is 0 Å². The van der Waals surface area contributed by atoms with Crippen molar-refractivity contribution >= 4 is 28.8 Å². The molecule has 0 N–H and O–H groups in total. The molecule has 0 saturated carbocycles. The molecule has 1 aliphatic heterocycles. The summed E-state index contributed by atoms with van der Waals surface area (Å²) in [6, 6.07) is 9.47. The summed E-state index contributed by atoms with van der Waals surface area (Å²) >= 11 is 7.55. The second kappa shape index (κ2) is 5.31. The Hall–Kier alpha value is -1.39. The lowest BCUT2D eigenvalue weighted by Crippen LogP contribution is -2.30. The average molecular weight is 293 g/mol. The summed E-state index contributed by atoms with van der Waals surface area (Å²) in [4.78, 5) is 19.8. The highest BCUT2D eigenvalue weighted by Crippen LogP contribution is 2.35. The minimum atomic E-state index is -0.0293. The van der Waals surface area contributed by atoms with E-state index in [1.165, 1.54) is 4.88 Å². The number of amides is 1. The van der Waals surface area contributed by atoms with Crippen LogP contribution in [0.25, 0.3) is 0 Å². The Morgan fingerprint density at radius 1 is 1.37 bits per heavy atom. The number of carbonyl (C=O) groups is 1. The van der Waals surface area contributed by atoms with Gasteiger partial charge in [0, 0.05) is 11.4 Å². The zero-order valence-electron chi connectivity index (χ0n) is 10.3. The van der Waals surface area contributed by atoms with Crippen molar-refractivity contribution < 1.29 is 4.79 Å². The first-order chi connectivity index (χ1) is 9.25. The Labute approximate surface area is 120 Å². The number of carbonyl (C=O) groups excluding carboxylic acids is 1. The molecule has 3 nitrogen and oxygen atoms in total. The van der Waals surface area contributed by atoms with Crippen LogP contribution in [0.1, 0.15) is 34.2 Å². The van der Waals surface area contributed by atoms with Crippen molar-refractivity contribution in [3.05, 3.63) is 51.4 Å². The van der Waals surface area contributed by atoms with Gasteiger partial charge in [-0.1, -0.05) is 23.7 Å². The quantitative estimate of drug-likeness (QED) is 0.789. The SMILES string of the molecule is O=C(c1cccc(Cl)n1)N1CCCC1c1cccs1. The largest absolute Gasteiger partial charge is 0.329 e. The molecule has 2 aromatic rings. The van der Waals surface area contributed by atoms with Crippen LogP contribution in [-0.2, 0) is 0 Å². The van der Waals surface area contributed by atoms with Crippen LogP contribution in [0, 0.1) is 0 Å². The van der Waals surface area contributed by atoms with E-state index in [-0.39, 0.29) is 11.9 Å².